The van der Waals surface area contributed by atoms with E-state index in [4.69, 9.17) is 4.74 Å². The predicted molar refractivity (Wildman–Crippen MR) is 78.7 cm³/mol. The fourth-order valence-electron chi connectivity index (χ4n) is 2.76. The Labute approximate surface area is 125 Å². The molecule has 1 N–H and O–H groups in total. The molecule has 2 amide bonds. The van der Waals surface area contributed by atoms with Crippen LogP contribution in [0, 0.1) is 6.92 Å². The van der Waals surface area contributed by atoms with E-state index in [9.17, 15) is 14.4 Å². The number of hydrogen-bond acceptors (Lipinski definition) is 5. The lowest BCUT2D eigenvalue weighted by Gasteiger charge is -2.24. The maximum atomic E-state index is 12.7. The second kappa shape index (κ2) is 5.25. The third-order valence-electron chi connectivity index (χ3n) is 3.81. The Kier molecular flexibility index (Phi) is 3.40. The van der Waals surface area contributed by atoms with Gasteiger partial charge in [0, 0.05) is 6.42 Å². The molecule has 1 unspecified atom stereocenters. The molecule has 114 valence electrons. The maximum absolute atomic E-state index is 12.7. The van der Waals surface area contributed by atoms with Crippen LogP contribution in [0.2, 0.25) is 0 Å². The molecular weight excluding hydrogens is 286 g/mol. The van der Waals surface area contributed by atoms with Crippen LogP contribution < -0.4 is 15.6 Å². The van der Waals surface area contributed by atoms with Crippen LogP contribution in [0.15, 0.2) is 23.0 Å². The number of benzene rings is 1. The number of carbonyl (C=O) groups is 2. The number of piperidine rings is 1. The molecule has 1 fully saturated rings. The van der Waals surface area contributed by atoms with E-state index in [1.807, 2.05) is 0 Å². The van der Waals surface area contributed by atoms with Crippen LogP contribution in [0.5, 0.6) is 5.75 Å². The summed E-state index contributed by atoms with van der Waals surface area (Å²) in [5.74, 6) is 0.137. The number of ether oxygens (including phenoxy) is 1. The summed E-state index contributed by atoms with van der Waals surface area (Å²) in [5.41, 5.74) is 0.159. The molecular formula is C15H15N3O4. The van der Waals surface area contributed by atoms with Crippen molar-refractivity contribution in [3.63, 3.8) is 0 Å². The lowest BCUT2D eigenvalue weighted by molar-refractivity contribution is -0.135. The summed E-state index contributed by atoms with van der Waals surface area (Å²) in [4.78, 5) is 40.4. The monoisotopic (exact) mass is 301 g/mol. The first-order valence-electron chi connectivity index (χ1n) is 6.92. The van der Waals surface area contributed by atoms with Gasteiger partial charge in [-0.25, -0.2) is 4.98 Å². The van der Waals surface area contributed by atoms with E-state index < -0.39 is 11.9 Å². The SMILES string of the molecule is COc1cccc2c(=O)n(C3CCC(=O)NC3=O)c(C)nc12. The highest BCUT2D eigenvalue weighted by Crippen LogP contribution is 2.24. The van der Waals surface area contributed by atoms with Gasteiger partial charge < -0.3 is 4.74 Å². The number of carbonyl (C=O) groups excluding carboxylic acids is 2. The van der Waals surface area contributed by atoms with Gasteiger partial charge in [-0.3, -0.25) is 24.3 Å². The molecule has 0 aliphatic carbocycles. The number of nitrogens with zero attached hydrogens (tertiary/aromatic N) is 2. The molecule has 1 aromatic carbocycles. The van der Waals surface area contributed by atoms with Gasteiger partial charge >= 0.3 is 0 Å². The van der Waals surface area contributed by atoms with Crippen molar-refractivity contribution in [3.8, 4) is 5.75 Å². The summed E-state index contributed by atoms with van der Waals surface area (Å²) >= 11 is 0. The summed E-state index contributed by atoms with van der Waals surface area (Å²) in [6.45, 7) is 1.66. The van der Waals surface area contributed by atoms with Crippen molar-refractivity contribution in [2.24, 2.45) is 0 Å². The predicted octanol–water partition coefficient (Wildman–Crippen LogP) is 0.691. The molecule has 3 rings (SSSR count). The Balaban J connectivity index is 2.21. The van der Waals surface area contributed by atoms with E-state index in [0.29, 0.717) is 28.9 Å². The standard InChI is InChI=1S/C15H15N3O4/c1-8-16-13-9(4-3-5-11(13)22-2)15(21)18(8)10-6-7-12(19)17-14(10)20/h3-5,10H,6-7H2,1-2H3,(H,17,19,20). The number of fused-ring (bicyclic) bond motifs is 1. The number of aromatic nitrogens is 2. The van der Waals surface area contributed by atoms with Crippen molar-refractivity contribution in [3.05, 3.63) is 34.4 Å². The van der Waals surface area contributed by atoms with Crippen LogP contribution in [0.25, 0.3) is 10.9 Å². The molecule has 1 atom stereocenters. The lowest BCUT2D eigenvalue weighted by atomic mass is 10.1. The first-order valence-corrected chi connectivity index (χ1v) is 6.92. The molecule has 7 nitrogen and oxygen atoms in total. The van der Waals surface area contributed by atoms with Gasteiger partial charge in [0.2, 0.25) is 11.8 Å². The van der Waals surface area contributed by atoms with Crippen molar-refractivity contribution in [2.75, 3.05) is 7.11 Å². The molecule has 7 heteroatoms. The third kappa shape index (κ3) is 2.14. The largest absolute Gasteiger partial charge is 0.494 e. The minimum Gasteiger partial charge on any atom is -0.494 e. The summed E-state index contributed by atoms with van der Waals surface area (Å²) in [5, 5.41) is 2.65. The zero-order valence-electron chi connectivity index (χ0n) is 12.3. The fourth-order valence-corrected chi connectivity index (χ4v) is 2.76. The van der Waals surface area contributed by atoms with E-state index in [0.717, 1.165) is 0 Å². The number of aryl methyl sites for hydroxylation is 1. The average Bonchev–Trinajstić information content (AvgIpc) is 2.49. The Morgan fingerprint density at radius 3 is 2.77 bits per heavy atom. The number of methoxy groups -OCH3 is 1. The highest BCUT2D eigenvalue weighted by molar-refractivity contribution is 5.99. The van der Waals surface area contributed by atoms with Crippen LogP contribution in [-0.4, -0.2) is 28.5 Å². The molecule has 22 heavy (non-hydrogen) atoms. The van der Waals surface area contributed by atoms with Gasteiger partial charge in [-0.1, -0.05) is 6.07 Å². The van der Waals surface area contributed by atoms with E-state index in [1.165, 1.54) is 11.7 Å². The molecule has 1 aromatic heterocycles. The minimum atomic E-state index is -0.715. The highest BCUT2D eigenvalue weighted by Gasteiger charge is 2.30. The Hall–Kier alpha value is -2.70. The van der Waals surface area contributed by atoms with E-state index in [1.54, 1.807) is 25.1 Å². The molecule has 1 aliphatic rings. The van der Waals surface area contributed by atoms with Crippen molar-refractivity contribution in [1.82, 2.24) is 14.9 Å². The van der Waals surface area contributed by atoms with Crippen LogP contribution in [0.1, 0.15) is 24.7 Å². The average molecular weight is 301 g/mol. The first kappa shape index (κ1) is 14.2. The topological polar surface area (TPSA) is 90.3 Å². The Morgan fingerprint density at radius 1 is 1.32 bits per heavy atom. The summed E-state index contributed by atoms with van der Waals surface area (Å²) in [7, 11) is 1.51. The number of nitrogens with one attached hydrogen (secondary N) is 1. The van der Waals surface area contributed by atoms with Crippen molar-refractivity contribution in [1.29, 1.82) is 0 Å². The smallest absolute Gasteiger partial charge is 0.262 e. The Morgan fingerprint density at radius 2 is 2.09 bits per heavy atom. The molecule has 0 spiro atoms. The van der Waals surface area contributed by atoms with Crippen molar-refractivity contribution < 1.29 is 14.3 Å². The third-order valence-corrected chi connectivity index (χ3v) is 3.81. The zero-order chi connectivity index (χ0) is 15.9. The fraction of sp³-hybridized carbons (Fsp3) is 0.333. The minimum absolute atomic E-state index is 0.207. The molecule has 2 heterocycles. The van der Waals surface area contributed by atoms with Gasteiger partial charge in [-0.15, -0.1) is 0 Å². The zero-order valence-corrected chi connectivity index (χ0v) is 12.3. The van der Waals surface area contributed by atoms with Gasteiger partial charge in [0.15, 0.2) is 0 Å². The normalized spacial score (nSPS) is 18.4. The lowest BCUT2D eigenvalue weighted by Crippen LogP contribution is -2.45. The number of amides is 2. The second-order valence-corrected chi connectivity index (χ2v) is 5.16. The van der Waals surface area contributed by atoms with Crippen LogP contribution in [0.4, 0.5) is 0 Å². The van der Waals surface area contributed by atoms with Crippen LogP contribution in [-0.2, 0) is 9.59 Å². The maximum Gasteiger partial charge on any atom is 0.262 e. The summed E-state index contributed by atoms with van der Waals surface area (Å²) < 4.78 is 6.57. The quantitative estimate of drug-likeness (QED) is 0.824. The van der Waals surface area contributed by atoms with Crippen LogP contribution >= 0.6 is 0 Å². The van der Waals surface area contributed by atoms with Gasteiger partial charge in [0.1, 0.15) is 23.1 Å². The Bertz CT molecular complexity index is 841. The van der Waals surface area contributed by atoms with E-state index in [2.05, 4.69) is 10.3 Å². The van der Waals surface area contributed by atoms with Gasteiger partial charge in [-0.05, 0) is 25.5 Å². The van der Waals surface area contributed by atoms with E-state index in [-0.39, 0.29) is 17.9 Å². The summed E-state index contributed by atoms with van der Waals surface area (Å²) in [6, 6.07) is 4.36. The molecule has 0 saturated carbocycles. The number of para-hydroxylation sites is 1. The van der Waals surface area contributed by atoms with Crippen molar-refractivity contribution in [2.45, 2.75) is 25.8 Å². The van der Waals surface area contributed by atoms with E-state index >= 15 is 0 Å². The van der Waals surface area contributed by atoms with Gasteiger partial charge in [0.05, 0.1) is 12.5 Å². The number of rotatable bonds is 2. The second-order valence-electron chi connectivity index (χ2n) is 5.16. The van der Waals surface area contributed by atoms with Gasteiger partial charge in [-0.2, -0.15) is 0 Å². The van der Waals surface area contributed by atoms with Gasteiger partial charge in [0.25, 0.3) is 5.56 Å². The highest BCUT2D eigenvalue weighted by atomic mass is 16.5. The van der Waals surface area contributed by atoms with Crippen molar-refractivity contribution >= 4 is 22.7 Å². The number of hydrogen-bond donors (Lipinski definition) is 1. The summed E-state index contributed by atoms with van der Waals surface area (Å²) in [6.07, 6.45) is 0.501. The molecule has 2 aromatic rings. The van der Waals surface area contributed by atoms with Crippen LogP contribution in [0.3, 0.4) is 0 Å². The molecule has 0 bridgehead atoms. The molecule has 1 saturated heterocycles. The molecule has 1 aliphatic heterocycles. The number of imide groups is 1. The molecule has 0 radical (unpaired) electrons. The first-order chi connectivity index (χ1) is 10.5.